The first kappa shape index (κ1) is 28.4. The van der Waals surface area contributed by atoms with Gasteiger partial charge in [-0.25, -0.2) is 10.3 Å². The van der Waals surface area contributed by atoms with Crippen molar-refractivity contribution in [1.82, 2.24) is 5.48 Å². The van der Waals surface area contributed by atoms with Gasteiger partial charge in [0.1, 0.15) is 0 Å². The van der Waals surface area contributed by atoms with Gasteiger partial charge in [-0.3, -0.25) is 0 Å². The summed E-state index contributed by atoms with van der Waals surface area (Å²) in [4.78, 5) is 8.90. The van der Waals surface area contributed by atoms with E-state index >= 15 is 0 Å². The van der Waals surface area contributed by atoms with Gasteiger partial charge >= 0.3 is 12.1 Å². The van der Waals surface area contributed by atoms with Crippen LogP contribution in [0.4, 0.5) is 13.2 Å². The van der Waals surface area contributed by atoms with E-state index in [9.17, 15) is 13.2 Å². The Bertz CT molecular complexity index is 295. The van der Waals surface area contributed by atoms with Crippen LogP contribution in [0.2, 0.25) is 0 Å². The van der Waals surface area contributed by atoms with E-state index in [1.54, 1.807) is 0 Å². The summed E-state index contributed by atoms with van der Waals surface area (Å²) in [6.45, 7) is 3.03. The van der Waals surface area contributed by atoms with Crippen LogP contribution in [0, 0.1) is 0 Å². The lowest BCUT2D eigenvalue weighted by Crippen LogP contribution is -2.21. The van der Waals surface area contributed by atoms with Crippen LogP contribution in [-0.2, 0) is 4.79 Å². The monoisotopic (exact) mass is 399 g/mol. The SMILES string of the molecule is CCCCCCCCCCCCCCCCCCNO.O=C(O)C(F)(F)F. The molecule has 0 radical (unpaired) electrons. The molecule has 164 valence electrons. The first-order valence-corrected chi connectivity index (χ1v) is 10.5. The largest absolute Gasteiger partial charge is 0.490 e. The number of aliphatic carboxylic acids is 1. The van der Waals surface area contributed by atoms with Crippen LogP contribution in [-0.4, -0.2) is 29.0 Å². The zero-order chi connectivity index (χ0) is 20.8. The van der Waals surface area contributed by atoms with E-state index in [1.807, 2.05) is 0 Å². The number of hydrogen-bond donors (Lipinski definition) is 3. The topological polar surface area (TPSA) is 69.6 Å². The van der Waals surface area contributed by atoms with E-state index in [0.717, 1.165) is 13.0 Å². The molecule has 0 aromatic heterocycles. The summed E-state index contributed by atoms with van der Waals surface area (Å²) in [5.74, 6) is -2.76. The number of carboxylic acids is 1. The average molecular weight is 400 g/mol. The molecule has 3 N–H and O–H groups in total. The number of carboxylic acid groups (broad SMARTS) is 1. The zero-order valence-corrected chi connectivity index (χ0v) is 17.0. The second-order valence-corrected chi connectivity index (χ2v) is 7.01. The number of alkyl halides is 3. The average Bonchev–Trinajstić information content (AvgIpc) is 2.61. The maximum atomic E-state index is 10.6. The molecule has 0 aliphatic carbocycles. The molecule has 0 aromatic carbocycles. The molecule has 0 aliphatic heterocycles. The molecule has 0 fully saturated rings. The van der Waals surface area contributed by atoms with Crippen molar-refractivity contribution in [3.63, 3.8) is 0 Å². The van der Waals surface area contributed by atoms with Gasteiger partial charge in [0.2, 0.25) is 0 Å². The van der Waals surface area contributed by atoms with E-state index in [1.165, 1.54) is 96.3 Å². The summed E-state index contributed by atoms with van der Waals surface area (Å²) >= 11 is 0. The zero-order valence-electron chi connectivity index (χ0n) is 17.0. The molecular formula is C20H40F3NO3. The molecule has 27 heavy (non-hydrogen) atoms. The number of hydrogen-bond acceptors (Lipinski definition) is 3. The Balaban J connectivity index is 0. The summed E-state index contributed by atoms with van der Waals surface area (Å²) in [5, 5.41) is 15.6. The van der Waals surface area contributed by atoms with Crippen molar-refractivity contribution < 1.29 is 28.3 Å². The molecule has 0 aliphatic rings. The van der Waals surface area contributed by atoms with E-state index in [0.29, 0.717) is 0 Å². The van der Waals surface area contributed by atoms with Crippen molar-refractivity contribution in [1.29, 1.82) is 0 Å². The van der Waals surface area contributed by atoms with Crippen LogP contribution in [0.5, 0.6) is 0 Å². The van der Waals surface area contributed by atoms with Crippen molar-refractivity contribution in [2.24, 2.45) is 0 Å². The Hall–Kier alpha value is -0.820. The fraction of sp³-hybridized carbons (Fsp3) is 0.950. The molecule has 0 spiro atoms. The fourth-order valence-electron chi connectivity index (χ4n) is 2.75. The van der Waals surface area contributed by atoms with Crippen molar-refractivity contribution in [3.8, 4) is 0 Å². The lowest BCUT2D eigenvalue weighted by Gasteiger charge is -2.03. The minimum Gasteiger partial charge on any atom is -0.475 e. The highest BCUT2D eigenvalue weighted by Crippen LogP contribution is 2.14. The summed E-state index contributed by atoms with van der Waals surface area (Å²) in [6.07, 6.45) is 17.2. The highest BCUT2D eigenvalue weighted by atomic mass is 19.4. The van der Waals surface area contributed by atoms with Crippen LogP contribution >= 0.6 is 0 Å². The number of unbranched alkanes of at least 4 members (excludes halogenated alkanes) is 15. The van der Waals surface area contributed by atoms with Crippen LogP contribution in [0.15, 0.2) is 0 Å². The number of hydroxylamine groups is 1. The first-order chi connectivity index (χ1) is 12.9. The van der Waals surface area contributed by atoms with Gasteiger partial charge in [-0.1, -0.05) is 103 Å². The molecule has 0 saturated heterocycles. The van der Waals surface area contributed by atoms with E-state index in [2.05, 4.69) is 12.4 Å². The normalized spacial score (nSPS) is 11.1. The Morgan fingerprint density at radius 3 is 1.19 bits per heavy atom. The third-order valence-corrected chi connectivity index (χ3v) is 4.38. The molecule has 0 rings (SSSR count). The molecular weight excluding hydrogens is 359 g/mol. The lowest BCUT2D eigenvalue weighted by molar-refractivity contribution is -0.192. The summed E-state index contributed by atoms with van der Waals surface area (Å²) in [7, 11) is 0. The predicted octanol–water partition coefficient (Wildman–Crippen LogP) is 6.86. The quantitative estimate of drug-likeness (QED) is 0.185. The standard InChI is InChI=1S/C18H39NO.C2HF3O2/c1-2-3-4-5-6-7-8-9-10-11-12-13-14-15-16-17-18-19-20;3-2(4,5)1(6)7/h19-20H,2-18H2,1H3;(H,6,7). The molecule has 0 bridgehead atoms. The van der Waals surface area contributed by atoms with E-state index in [-0.39, 0.29) is 0 Å². The molecule has 0 saturated carbocycles. The minimum absolute atomic E-state index is 0.748. The maximum absolute atomic E-state index is 10.6. The van der Waals surface area contributed by atoms with Crippen molar-refractivity contribution in [2.45, 2.75) is 116 Å². The maximum Gasteiger partial charge on any atom is 0.490 e. The predicted molar refractivity (Wildman–Crippen MR) is 103 cm³/mol. The van der Waals surface area contributed by atoms with Crippen molar-refractivity contribution >= 4 is 5.97 Å². The Labute approximate surface area is 162 Å². The van der Waals surface area contributed by atoms with Gasteiger partial charge in [-0.2, -0.15) is 13.2 Å². The highest BCUT2D eigenvalue weighted by molar-refractivity contribution is 5.73. The third kappa shape index (κ3) is 27.5. The molecule has 7 heteroatoms. The second-order valence-electron chi connectivity index (χ2n) is 7.01. The summed E-state index contributed by atoms with van der Waals surface area (Å²) in [5.41, 5.74) is 2.22. The molecule has 0 unspecified atom stereocenters. The van der Waals surface area contributed by atoms with E-state index in [4.69, 9.17) is 15.1 Å². The van der Waals surface area contributed by atoms with Crippen LogP contribution < -0.4 is 5.48 Å². The van der Waals surface area contributed by atoms with E-state index < -0.39 is 12.1 Å². The van der Waals surface area contributed by atoms with Gasteiger partial charge in [0.15, 0.2) is 0 Å². The number of halogens is 3. The number of rotatable bonds is 17. The smallest absolute Gasteiger partial charge is 0.475 e. The Kier molecular flexibility index (Phi) is 22.6. The molecule has 0 amide bonds. The summed E-state index contributed by atoms with van der Waals surface area (Å²) in [6, 6.07) is 0. The lowest BCUT2D eigenvalue weighted by atomic mass is 10.0. The van der Waals surface area contributed by atoms with Gasteiger partial charge in [-0.15, -0.1) is 0 Å². The van der Waals surface area contributed by atoms with Gasteiger partial charge < -0.3 is 10.3 Å². The van der Waals surface area contributed by atoms with Crippen LogP contribution in [0.3, 0.4) is 0 Å². The van der Waals surface area contributed by atoms with Gasteiger partial charge in [0.05, 0.1) is 0 Å². The first-order valence-electron chi connectivity index (χ1n) is 10.5. The van der Waals surface area contributed by atoms with Gasteiger partial charge in [-0.05, 0) is 6.42 Å². The van der Waals surface area contributed by atoms with Crippen LogP contribution in [0.1, 0.15) is 110 Å². The van der Waals surface area contributed by atoms with Crippen LogP contribution in [0.25, 0.3) is 0 Å². The number of carbonyl (C=O) groups is 1. The van der Waals surface area contributed by atoms with Gasteiger partial charge in [0.25, 0.3) is 0 Å². The fourth-order valence-corrected chi connectivity index (χ4v) is 2.75. The molecule has 0 atom stereocenters. The second kappa shape index (κ2) is 21.5. The molecule has 0 heterocycles. The van der Waals surface area contributed by atoms with Gasteiger partial charge in [0, 0.05) is 6.54 Å². The minimum atomic E-state index is -5.08. The van der Waals surface area contributed by atoms with Crippen molar-refractivity contribution in [3.05, 3.63) is 0 Å². The third-order valence-electron chi connectivity index (χ3n) is 4.38. The summed E-state index contributed by atoms with van der Waals surface area (Å²) < 4.78 is 31.7. The number of nitrogens with one attached hydrogen (secondary N) is 1. The Morgan fingerprint density at radius 2 is 0.963 bits per heavy atom. The molecule has 0 aromatic rings. The molecule has 4 nitrogen and oxygen atoms in total. The highest BCUT2D eigenvalue weighted by Gasteiger charge is 2.38. The Morgan fingerprint density at radius 1 is 0.704 bits per heavy atom. The van der Waals surface area contributed by atoms with Crippen molar-refractivity contribution in [2.75, 3.05) is 6.54 Å².